The van der Waals surface area contributed by atoms with Gasteiger partial charge in [0.2, 0.25) is 5.91 Å². The number of urea groups is 1. The fourth-order valence-electron chi connectivity index (χ4n) is 3.14. The number of rotatable bonds is 5. The maximum Gasteiger partial charge on any atom is 0.321 e. The maximum atomic E-state index is 12.0. The van der Waals surface area contributed by atoms with E-state index in [-0.39, 0.29) is 30.6 Å². The summed E-state index contributed by atoms with van der Waals surface area (Å²) in [6.07, 6.45) is 2.01. The fourth-order valence-corrected chi connectivity index (χ4v) is 3.43. The van der Waals surface area contributed by atoms with Crippen LogP contribution in [0.15, 0.2) is 24.3 Å². The zero-order chi connectivity index (χ0) is 17.8. The second-order valence-corrected chi connectivity index (χ2v) is 7.21. The molecule has 0 aromatic heterocycles. The molecule has 7 heteroatoms. The van der Waals surface area contributed by atoms with Crippen LogP contribution in [-0.4, -0.2) is 60.5 Å². The van der Waals surface area contributed by atoms with Crippen molar-refractivity contribution in [2.45, 2.75) is 31.8 Å². The first-order chi connectivity index (χ1) is 12.0. The van der Waals surface area contributed by atoms with Gasteiger partial charge in [0, 0.05) is 43.3 Å². The maximum absolute atomic E-state index is 12.0. The first-order valence-electron chi connectivity index (χ1n) is 8.84. The largest absolute Gasteiger partial charge is 0.335 e. The SMILES string of the molecule is CC(c1ccccc1Cl)N1CCN(CC(=O)NC(=O)NC2CC2)CC1. The lowest BCUT2D eigenvalue weighted by molar-refractivity contribution is -0.121. The highest BCUT2D eigenvalue weighted by atomic mass is 35.5. The number of hydrogen-bond acceptors (Lipinski definition) is 4. The smallest absolute Gasteiger partial charge is 0.321 e. The third-order valence-corrected chi connectivity index (χ3v) is 5.19. The molecule has 0 bridgehead atoms. The molecule has 1 aromatic carbocycles. The van der Waals surface area contributed by atoms with Crippen molar-refractivity contribution in [3.63, 3.8) is 0 Å². The summed E-state index contributed by atoms with van der Waals surface area (Å²) in [5, 5.41) is 5.95. The Morgan fingerprint density at radius 1 is 1.20 bits per heavy atom. The molecule has 1 unspecified atom stereocenters. The first kappa shape index (κ1) is 18.2. The number of imide groups is 1. The Hall–Kier alpha value is -1.63. The van der Waals surface area contributed by atoms with Crippen molar-refractivity contribution >= 4 is 23.5 Å². The summed E-state index contributed by atoms with van der Waals surface area (Å²) < 4.78 is 0. The zero-order valence-corrected chi connectivity index (χ0v) is 15.3. The fraction of sp³-hybridized carbons (Fsp3) is 0.556. The predicted molar refractivity (Wildman–Crippen MR) is 97.6 cm³/mol. The molecule has 25 heavy (non-hydrogen) atoms. The van der Waals surface area contributed by atoms with Crippen molar-refractivity contribution < 1.29 is 9.59 Å². The number of halogens is 1. The highest BCUT2D eigenvalue weighted by Gasteiger charge is 2.26. The van der Waals surface area contributed by atoms with Crippen LogP contribution >= 0.6 is 11.6 Å². The van der Waals surface area contributed by atoms with Crippen LogP contribution in [0.25, 0.3) is 0 Å². The van der Waals surface area contributed by atoms with Crippen LogP contribution in [0.5, 0.6) is 0 Å². The van der Waals surface area contributed by atoms with Crippen LogP contribution in [0.1, 0.15) is 31.4 Å². The van der Waals surface area contributed by atoms with Gasteiger partial charge in [0.05, 0.1) is 6.54 Å². The second-order valence-electron chi connectivity index (χ2n) is 6.81. The number of nitrogens with one attached hydrogen (secondary N) is 2. The summed E-state index contributed by atoms with van der Waals surface area (Å²) in [5.74, 6) is -0.245. The Kier molecular flexibility index (Phi) is 5.93. The van der Waals surface area contributed by atoms with Crippen LogP contribution < -0.4 is 10.6 Å². The molecule has 2 aliphatic rings. The van der Waals surface area contributed by atoms with Gasteiger partial charge in [-0.15, -0.1) is 0 Å². The van der Waals surface area contributed by atoms with Gasteiger partial charge < -0.3 is 5.32 Å². The molecule has 3 rings (SSSR count). The molecule has 1 saturated heterocycles. The van der Waals surface area contributed by atoms with Crippen molar-refractivity contribution in [3.05, 3.63) is 34.9 Å². The van der Waals surface area contributed by atoms with Crippen LogP contribution in [0.4, 0.5) is 4.79 Å². The van der Waals surface area contributed by atoms with Crippen LogP contribution in [0, 0.1) is 0 Å². The standard InChI is InChI=1S/C18H25ClN4O2/c1-13(15-4-2-3-5-16(15)19)23-10-8-22(9-11-23)12-17(24)21-18(25)20-14-6-7-14/h2-5,13-14H,6-12H2,1H3,(H2,20,21,24,25). The summed E-state index contributed by atoms with van der Waals surface area (Å²) in [7, 11) is 0. The number of piperazine rings is 1. The van der Waals surface area contributed by atoms with Gasteiger partial charge in [0.25, 0.3) is 0 Å². The number of hydrogen-bond donors (Lipinski definition) is 2. The Balaban J connectivity index is 1.42. The Morgan fingerprint density at radius 3 is 2.52 bits per heavy atom. The summed E-state index contributed by atoms with van der Waals surface area (Å²) in [6.45, 7) is 5.75. The molecular formula is C18H25ClN4O2. The van der Waals surface area contributed by atoms with Gasteiger partial charge in [-0.3, -0.25) is 19.9 Å². The van der Waals surface area contributed by atoms with E-state index in [1.807, 2.05) is 18.2 Å². The molecule has 3 amide bonds. The Bertz CT molecular complexity index is 627. The number of carbonyl (C=O) groups excluding carboxylic acids is 2. The third kappa shape index (κ3) is 5.17. The van der Waals surface area contributed by atoms with E-state index in [0.717, 1.165) is 49.6 Å². The van der Waals surface area contributed by atoms with Gasteiger partial charge in [0.15, 0.2) is 0 Å². The van der Waals surface area contributed by atoms with E-state index in [2.05, 4.69) is 33.4 Å². The number of nitrogens with zero attached hydrogens (tertiary/aromatic N) is 2. The third-order valence-electron chi connectivity index (χ3n) is 4.84. The lowest BCUT2D eigenvalue weighted by Crippen LogP contribution is -2.51. The van der Waals surface area contributed by atoms with Gasteiger partial charge in [-0.1, -0.05) is 29.8 Å². The van der Waals surface area contributed by atoms with E-state index in [4.69, 9.17) is 11.6 Å². The quantitative estimate of drug-likeness (QED) is 0.838. The molecule has 6 nitrogen and oxygen atoms in total. The minimum Gasteiger partial charge on any atom is -0.335 e. The monoisotopic (exact) mass is 364 g/mol. The zero-order valence-electron chi connectivity index (χ0n) is 14.5. The second kappa shape index (κ2) is 8.17. The molecule has 1 atom stereocenters. The Labute approximate surface area is 153 Å². The normalized spacial score (nSPS) is 20.1. The average molecular weight is 365 g/mol. The van der Waals surface area contributed by atoms with Crippen molar-refractivity contribution in [1.29, 1.82) is 0 Å². The van der Waals surface area contributed by atoms with Gasteiger partial charge in [-0.25, -0.2) is 4.79 Å². The van der Waals surface area contributed by atoms with Crippen LogP contribution in [0.3, 0.4) is 0 Å². The summed E-state index contributed by atoms with van der Waals surface area (Å²) in [5.41, 5.74) is 1.13. The van der Waals surface area contributed by atoms with Gasteiger partial charge >= 0.3 is 6.03 Å². The van der Waals surface area contributed by atoms with E-state index in [0.29, 0.717) is 0 Å². The highest BCUT2D eigenvalue weighted by Crippen LogP contribution is 2.27. The molecule has 2 fully saturated rings. The van der Waals surface area contributed by atoms with E-state index < -0.39 is 0 Å². The van der Waals surface area contributed by atoms with Gasteiger partial charge in [-0.2, -0.15) is 0 Å². The lowest BCUT2D eigenvalue weighted by Gasteiger charge is -2.38. The summed E-state index contributed by atoms with van der Waals surface area (Å²) >= 11 is 6.30. The lowest BCUT2D eigenvalue weighted by atomic mass is 10.1. The summed E-state index contributed by atoms with van der Waals surface area (Å²) in [6, 6.07) is 8.04. The van der Waals surface area contributed by atoms with Gasteiger partial charge in [-0.05, 0) is 31.4 Å². The van der Waals surface area contributed by atoms with Crippen molar-refractivity contribution in [1.82, 2.24) is 20.4 Å². The molecule has 136 valence electrons. The molecule has 1 saturated carbocycles. The highest BCUT2D eigenvalue weighted by molar-refractivity contribution is 6.31. The number of benzene rings is 1. The van der Waals surface area contributed by atoms with Gasteiger partial charge in [0.1, 0.15) is 0 Å². The molecule has 1 heterocycles. The molecule has 0 spiro atoms. The molecule has 1 aliphatic heterocycles. The van der Waals surface area contributed by atoms with Crippen molar-refractivity contribution in [2.75, 3.05) is 32.7 Å². The molecule has 0 radical (unpaired) electrons. The van der Waals surface area contributed by atoms with E-state index in [9.17, 15) is 9.59 Å². The van der Waals surface area contributed by atoms with E-state index >= 15 is 0 Å². The van der Waals surface area contributed by atoms with E-state index in [1.54, 1.807) is 0 Å². The molecule has 1 aromatic rings. The molecule has 1 aliphatic carbocycles. The first-order valence-corrected chi connectivity index (χ1v) is 9.22. The van der Waals surface area contributed by atoms with Crippen molar-refractivity contribution in [2.24, 2.45) is 0 Å². The number of amides is 3. The molecular weight excluding hydrogens is 340 g/mol. The average Bonchev–Trinajstić information content (AvgIpc) is 3.39. The molecule has 2 N–H and O–H groups in total. The minimum absolute atomic E-state index is 0.244. The van der Waals surface area contributed by atoms with Crippen molar-refractivity contribution in [3.8, 4) is 0 Å². The van der Waals surface area contributed by atoms with Crippen LogP contribution in [0.2, 0.25) is 5.02 Å². The Morgan fingerprint density at radius 2 is 1.88 bits per heavy atom. The van der Waals surface area contributed by atoms with E-state index in [1.165, 1.54) is 0 Å². The minimum atomic E-state index is -0.376. The predicted octanol–water partition coefficient (Wildman–Crippen LogP) is 2.01. The topological polar surface area (TPSA) is 64.7 Å². The summed E-state index contributed by atoms with van der Waals surface area (Å²) in [4.78, 5) is 28.0. The van der Waals surface area contributed by atoms with Crippen LogP contribution in [-0.2, 0) is 4.79 Å². The number of carbonyl (C=O) groups is 2.